The summed E-state index contributed by atoms with van der Waals surface area (Å²) in [6.45, 7) is 1.49. The quantitative estimate of drug-likeness (QED) is 0.883. The predicted octanol–water partition coefficient (Wildman–Crippen LogP) is 4.24. The van der Waals surface area contributed by atoms with Crippen LogP contribution in [0.4, 0.5) is 14.9 Å². The summed E-state index contributed by atoms with van der Waals surface area (Å²) in [5.74, 6) is 0.220. The van der Waals surface area contributed by atoms with Crippen molar-refractivity contribution in [3.8, 4) is 0 Å². The number of anilines is 1. The summed E-state index contributed by atoms with van der Waals surface area (Å²) in [7, 11) is 0. The predicted molar refractivity (Wildman–Crippen MR) is 85.4 cm³/mol. The van der Waals surface area contributed by atoms with Gasteiger partial charge in [-0.2, -0.15) is 0 Å². The van der Waals surface area contributed by atoms with E-state index >= 15 is 0 Å². The van der Waals surface area contributed by atoms with Crippen molar-refractivity contribution >= 4 is 11.7 Å². The lowest BCUT2D eigenvalue weighted by molar-refractivity contribution is 0.194. The number of rotatable bonds is 2. The fourth-order valence-corrected chi connectivity index (χ4v) is 2.88. The van der Waals surface area contributed by atoms with Crippen LogP contribution in [0.1, 0.15) is 24.3 Å². The average molecular weight is 298 g/mol. The summed E-state index contributed by atoms with van der Waals surface area (Å²) < 4.78 is 12.9. The van der Waals surface area contributed by atoms with E-state index in [0.717, 1.165) is 25.9 Å². The molecule has 0 saturated carbocycles. The first-order chi connectivity index (χ1) is 10.7. The second-order valence-electron chi connectivity index (χ2n) is 5.61. The van der Waals surface area contributed by atoms with Crippen LogP contribution in [0.2, 0.25) is 0 Å². The summed E-state index contributed by atoms with van der Waals surface area (Å²) >= 11 is 0. The molecule has 1 heterocycles. The van der Waals surface area contributed by atoms with Crippen molar-refractivity contribution in [3.05, 3.63) is 66.0 Å². The van der Waals surface area contributed by atoms with Crippen LogP contribution in [0.15, 0.2) is 54.6 Å². The minimum absolute atomic E-state index is 0.113. The Bertz CT molecular complexity index is 619. The molecule has 2 aromatic rings. The highest BCUT2D eigenvalue weighted by atomic mass is 19.1. The molecule has 3 nitrogen and oxygen atoms in total. The van der Waals surface area contributed by atoms with Gasteiger partial charge in [-0.3, -0.25) is 0 Å². The molecule has 0 aromatic heterocycles. The Hall–Kier alpha value is -2.36. The van der Waals surface area contributed by atoms with E-state index in [1.807, 2.05) is 11.0 Å². The first-order valence-corrected chi connectivity index (χ1v) is 7.59. The first-order valence-electron chi connectivity index (χ1n) is 7.59. The van der Waals surface area contributed by atoms with Gasteiger partial charge in [-0.25, -0.2) is 9.18 Å². The minimum atomic E-state index is -0.304. The van der Waals surface area contributed by atoms with Crippen molar-refractivity contribution in [2.24, 2.45) is 0 Å². The summed E-state index contributed by atoms with van der Waals surface area (Å²) in [4.78, 5) is 14.0. The van der Waals surface area contributed by atoms with Crippen LogP contribution in [0.3, 0.4) is 0 Å². The largest absolute Gasteiger partial charge is 0.324 e. The number of nitrogens with zero attached hydrogens (tertiary/aromatic N) is 1. The molecule has 2 amide bonds. The number of amides is 2. The monoisotopic (exact) mass is 298 g/mol. The lowest BCUT2D eigenvalue weighted by atomic mass is 9.90. The van der Waals surface area contributed by atoms with Crippen LogP contribution in [-0.4, -0.2) is 24.0 Å². The van der Waals surface area contributed by atoms with Gasteiger partial charge in [0.1, 0.15) is 5.82 Å². The third-order valence-electron chi connectivity index (χ3n) is 4.15. The number of nitrogens with one attached hydrogen (secondary N) is 1. The lowest BCUT2D eigenvalue weighted by Gasteiger charge is -2.32. The van der Waals surface area contributed by atoms with Gasteiger partial charge in [-0.15, -0.1) is 0 Å². The Morgan fingerprint density at radius 1 is 1.00 bits per heavy atom. The van der Waals surface area contributed by atoms with Crippen LogP contribution in [0.5, 0.6) is 0 Å². The van der Waals surface area contributed by atoms with Gasteiger partial charge >= 0.3 is 6.03 Å². The number of halogens is 1. The molecular formula is C18H19FN2O. The number of likely N-dealkylation sites (tertiary alicyclic amines) is 1. The Morgan fingerprint density at radius 3 is 2.27 bits per heavy atom. The standard InChI is InChI=1S/C18H19FN2O/c19-16-6-8-17(9-7-16)20-18(22)21-12-10-15(11-13-21)14-4-2-1-3-5-14/h1-9,15H,10-13H2,(H,20,22). The highest BCUT2D eigenvalue weighted by Gasteiger charge is 2.23. The Balaban J connectivity index is 1.54. The maximum atomic E-state index is 12.9. The molecule has 22 heavy (non-hydrogen) atoms. The number of urea groups is 1. The van der Waals surface area contributed by atoms with E-state index in [1.165, 1.54) is 17.7 Å². The normalized spacial score (nSPS) is 15.6. The molecule has 1 aliphatic heterocycles. The van der Waals surface area contributed by atoms with Crippen LogP contribution < -0.4 is 5.32 Å². The molecular weight excluding hydrogens is 279 g/mol. The SMILES string of the molecule is O=C(Nc1ccc(F)cc1)N1CCC(c2ccccc2)CC1. The summed E-state index contributed by atoms with van der Waals surface area (Å²) in [5.41, 5.74) is 1.97. The van der Waals surface area contributed by atoms with E-state index in [2.05, 4.69) is 29.6 Å². The van der Waals surface area contributed by atoms with E-state index in [4.69, 9.17) is 0 Å². The number of benzene rings is 2. The first kappa shape index (κ1) is 14.6. The summed E-state index contributed by atoms with van der Waals surface area (Å²) in [6.07, 6.45) is 1.95. The third kappa shape index (κ3) is 3.45. The minimum Gasteiger partial charge on any atom is -0.324 e. The Labute approximate surface area is 129 Å². The number of carbonyl (C=O) groups is 1. The number of piperidine rings is 1. The van der Waals surface area contributed by atoms with E-state index in [0.29, 0.717) is 11.6 Å². The molecule has 0 radical (unpaired) electrons. The maximum Gasteiger partial charge on any atom is 0.321 e. The van der Waals surface area contributed by atoms with Crippen LogP contribution in [-0.2, 0) is 0 Å². The lowest BCUT2D eigenvalue weighted by Crippen LogP contribution is -2.40. The van der Waals surface area contributed by atoms with E-state index in [1.54, 1.807) is 12.1 Å². The van der Waals surface area contributed by atoms with Crippen LogP contribution in [0, 0.1) is 5.82 Å². The van der Waals surface area contributed by atoms with Gasteiger partial charge in [0, 0.05) is 18.8 Å². The third-order valence-corrected chi connectivity index (χ3v) is 4.15. The fourth-order valence-electron chi connectivity index (χ4n) is 2.88. The second kappa shape index (κ2) is 6.60. The number of hydrogen-bond acceptors (Lipinski definition) is 1. The van der Waals surface area contributed by atoms with Crippen molar-refractivity contribution < 1.29 is 9.18 Å². The Morgan fingerprint density at radius 2 is 1.64 bits per heavy atom. The molecule has 0 spiro atoms. The second-order valence-corrected chi connectivity index (χ2v) is 5.61. The van der Waals surface area contributed by atoms with E-state index < -0.39 is 0 Å². The van der Waals surface area contributed by atoms with Gasteiger partial charge in [0.2, 0.25) is 0 Å². The van der Waals surface area contributed by atoms with Crippen molar-refractivity contribution in [2.45, 2.75) is 18.8 Å². The van der Waals surface area contributed by atoms with Gasteiger partial charge < -0.3 is 10.2 Å². The fraction of sp³-hybridized carbons (Fsp3) is 0.278. The molecule has 1 fully saturated rings. The van der Waals surface area contributed by atoms with Crippen molar-refractivity contribution in [2.75, 3.05) is 18.4 Å². The van der Waals surface area contributed by atoms with E-state index in [9.17, 15) is 9.18 Å². The molecule has 0 atom stereocenters. The average Bonchev–Trinajstić information content (AvgIpc) is 2.58. The molecule has 0 unspecified atom stereocenters. The van der Waals surface area contributed by atoms with E-state index in [-0.39, 0.29) is 11.8 Å². The molecule has 1 aliphatic rings. The summed E-state index contributed by atoms with van der Waals surface area (Å²) in [5, 5.41) is 2.81. The Kier molecular flexibility index (Phi) is 4.37. The zero-order valence-electron chi connectivity index (χ0n) is 12.3. The number of hydrogen-bond donors (Lipinski definition) is 1. The highest BCUT2D eigenvalue weighted by Crippen LogP contribution is 2.28. The zero-order chi connectivity index (χ0) is 15.4. The molecule has 114 valence electrons. The number of carbonyl (C=O) groups excluding carboxylic acids is 1. The maximum absolute atomic E-state index is 12.9. The van der Waals surface area contributed by atoms with Crippen LogP contribution >= 0.6 is 0 Å². The van der Waals surface area contributed by atoms with Gasteiger partial charge in [-0.1, -0.05) is 30.3 Å². The van der Waals surface area contributed by atoms with Gasteiger partial charge in [0.25, 0.3) is 0 Å². The molecule has 4 heteroatoms. The molecule has 0 aliphatic carbocycles. The van der Waals surface area contributed by atoms with Gasteiger partial charge in [0.15, 0.2) is 0 Å². The topological polar surface area (TPSA) is 32.3 Å². The zero-order valence-corrected chi connectivity index (χ0v) is 12.3. The van der Waals surface area contributed by atoms with Crippen molar-refractivity contribution in [3.63, 3.8) is 0 Å². The smallest absolute Gasteiger partial charge is 0.321 e. The van der Waals surface area contributed by atoms with Crippen LogP contribution in [0.25, 0.3) is 0 Å². The molecule has 0 bridgehead atoms. The molecule has 2 aromatic carbocycles. The molecule has 3 rings (SSSR count). The molecule has 1 N–H and O–H groups in total. The molecule has 1 saturated heterocycles. The highest BCUT2D eigenvalue weighted by molar-refractivity contribution is 5.89. The van der Waals surface area contributed by atoms with Gasteiger partial charge in [-0.05, 0) is 48.6 Å². The van der Waals surface area contributed by atoms with Crippen molar-refractivity contribution in [1.29, 1.82) is 0 Å². The van der Waals surface area contributed by atoms with Gasteiger partial charge in [0.05, 0.1) is 0 Å². The summed E-state index contributed by atoms with van der Waals surface area (Å²) in [6, 6.07) is 16.2. The van der Waals surface area contributed by atoms with Crippen molar-refractivity contribution in [1.82, 2.24) is 4.90 Å².